The minimum atomic E-state index is -1.61. The number of amides is 1. The van der Waals surface area contributed by atoms with Crippen molar-refractivity contribution in [2.45, 2.75) is 20.3 Å². The van der Waals surface area contributed by atoms with Crippen molar-refractivity contribution in [3.63, 3.8) is 0 Å². The number of hydrogen-bond donors (Lipinski definition) is 1. The van der Waals surface area contributed by atoms with Crippen molar-refractivity contribution in [3.05, 3.63) is 46.5 Å². The molecule has 0 atom stereocenters. The Hall–Kier alpha value is -2.31. The summed E-state index contributed by atoms with van der Waals surface area (Å²) < 4.78 is 41.0. The molecule has 0 saturated heterocycles. The van der Waals surface area contributed by atoms with Gasteiger partial charge in [-0.25, -0.2) is 13.2 Å². The Morgan fingerprint density at radius 3 is 2.48 bits per heavy atom. The number of anilines is 1. The van der Waals surface area contributed by atoms with Crippen LogP contribution in [0, 0.1) is 31.3 Å². The molecule has 0 bridgehead atoms. The van der Waals surface area contributed by atoms with Crippen LogP contribution in [0.1, 0.15) is 17.0 Å². The summed E-state index contributed by atoms with van der Waals surface area (Å²) in [6.07, 6.45) is -0.0239. The molecule has 0 aliphatic rings. The molecule has 0 aliphatic heterocycles. The van der Waals surface area contributed by atoms with E-state index in [1.54, 1.807) is 25.6 Å². The number of rotatable bonds is 3. The van der Waals surface area contributed by atoms with Crippen molar-refractivity contribution in [2.24, 2.45) is 7.05 Å². The van der Waals surface area contributed by atoms with Crippen molar-refractivity contribution in [1.29, 1.82) is 0 Å². The normalized spacial score (nSPS) is 10.8. The van der Waals surface area contributed by atoms with E-state index in [2.05, 4.69) is 10.4 Å². The molecule has 1 N–H and O–H groups in total. The summed E-state index contributed by atoms with van der Waals surface area (Å²) in [5, 5.41) is 6.40. The number of hydrogen-bond acceptors (Lipinski definition) is 2. The zero-order valence-corrected chi connectivity index (χ0v) is 11.8. The van der Waals surface area contributed by atoms with Crippen LogP contribution in [0.15, 0.2) is 12.1 Å². The van der Waals surface area contributed by atoms with Gasteiger partial charge in [-0.3, -0.25) is 9.48 Å². The number of nitrogens with zero attached hydrogens (tertiary/aromatic N) is 2. The Kier molecular flexibility index (Phi) is 4.02. The van der Waals surface area contributed by atoms with Crippen molar-refractivity contribution >= 4 is 11.6 Å². The van der Waals surface area contributed by atoms with Crippen molar-refractivity contribution in [2.75, 3.05) is 5.32 Å². The molecule has 2 rings (SSSR count). The number of halogens is 3. The highest BCUT2D eigenvalue weighted by Gasteiger charge is 2.17. The topological polar surface area (TPSA) is 46.9 Å². The number of aryl methyl sites for hydroxylation is 2. The van der Waals surface area contributed by atoms with Gasteiger partial charge in [-0.05, 0) is 26.0 Å². The fraction of sp³-hybridized carbons (Fsp3) is 0.286. The molecule has 1 aromatic heterocycles. The molecule has 112 valence electrons. The Morgan fingerprint density at radius 2 is 1.90 bits per heavy atom. The molecule has 1 amide bonds. The van der Waals surface area contributed by atoms with E-state index in [4.69, 9.17) is 0 Å². The van der Waals surface area contributed by atoms with Gasteiger partial charge >= 0.3 is 0 Å². The molecular weight excluding hydrogens is 283 g/mol. The van der Waals surface area contributed by atoms with E-state index < -0.39 is 29.0 Å². The second-order valence-corrected chi connectivity index (χ2v) is 4.72. The predicted octanol–water partition coefficient (Wildman–Crippen LogP) is 2.64. The summed E-state index contributed by atoms with van der Waals surface area (Å²) >= 11 is 0. The molecular formula is C14H14F3N3O. The smallest absolute Gasteiger partial charge is 0.229 e. The van der Waals surface area contributed by atoms with Crippen LogP contribution in [-0.4, -0.2) is 15.7 Å². The molecule has 0 fully saturated rings. The van der Waals surface area contributed by atoms with Gasteiger partial charge < -0.3 is 5.32 Å². The Labute approximate surface area is 119 Å². The third-order valence-electron chi connectivity index (χ3n) is 3.31. The lowest BCUT2D eigenvalue weighted by atomic mass is 10.1. The first-order valence-electron chi connectivity index (χ1n) is 6.23. The molecule has 0 unspecified atom stereocenters. The quantitative estimate of drug-likeness (QED) is 0.885. The number of nitrogens with one attached hydrogen (secondary N) is 1. The molecule has 0 aliphatic carbocycles. The third-order valence-corrected chi connectivity index (χ3v) is 3.31. The van der Waals surface area contributed by atoms with Gasteiger partial charge in [-0.1, -0.05) is 0 Å². The number of benzene rings is 1. The van der Waals surface area contributed by atoms with Gasteiger partial charge in [0.05, 0.1) is 17.8 Å². The van der Waals surface area contributed by atoms with E-state index in [9.17, 15) is 18.0 Å². The van der Waals surface area contributed by atoms with Crippen LogP contribution in [0.3, 0.4) is 0 Å². The van der Waals surface area contributed by atoms with Crippen LogP contribution in [-0.2, 0) is 18.3 Å². The first-order valence-corrected chi connectivity index (χ1v) is 6.23. The lowest BCUT2D eigenvalue weighted by Gasteiger charge is -2.07. The molecule has 2 aromatic rings. The highest BCUT2D eigenvalue weighted by Crippen LogP contribution is 2.20. The molecule has 0 saturated carbocycles. The summed E-state index contributed by atoms with van der Waals surface area (Å²) in [5.41, 5.74) is 1.83. The van der Waals surface area contributed by atoms with Crippen LogP contribution >= 0.6 is 0 Å². The molecule has 0 radical (unpaired) electrons. The Bertz CT molecular complexity index is 710. The predicted molar refractivity (Wildman–Crippen MR) is 71.3 cm³/mol. The summed E-state index contributed by atoms with van der Waals surface area (Å²) in [4.78, 5) is 11.9. The first kappa shape index (κ1) is 15.1. The molecule has 1 aromatic carbocycles. The van der Waals surface area contributed by atoms with Gasteiger partial charge in [0, 0.05) is 18.3 Å². The average Bonchev–Trinajstić information content (AvgIpc) is 2.66. The zero-order valence-electron chi connectivity index (χ0n) is 11.8. The van der Waals surface area contributed by atoms with E-state index in [0.29, 0.717) is 5.69 Å². The minimum absolute atomic E-state index is 0.0239. The number of carbonyl (C=O) groups is 1. The molecule has 7 heteroatoms. The first-order chi connectivity index (χ1) is 9.81. The minimum Gasteiger partial charge on any atom is -0.323 e. The van der Waals surface area contributed by atoms with Gasteiger partial charge in [0.1, 0.15) is 0 Å². The van der Waals surface area contributed by atoms with Crippen LogP contribution in [0.2, 0.25) is 0 Å². The average molecular weight is 297 g/mol. The Balaban J connectivity index is 2.18. The van der Waals surface area contributed by atoms with Gasteiger partial charge in [0.2, 0.25) is 5.91 Å². The number of aromatic nitrogens is 2. The largest absolute Gasteiger partial charge is 0.323 e. The SMILES string of the molecule is Cc1nn(C)c(C)c1CC(=O)Nc1ccc(F)c(F)c1F. The zero-order chi connectivity index (χ0) is 15.7. The molecule has 21 heavy (non-hydrogen) atoms. The highest BCUT2D eigenvalue weighted by atomic mass is 19.2. The van der Waals surface area contributed by atoms with Crippen LogP contribution in [0.5, 0.6) is 0 Å². The van der Waals surface area contributed by atoms with E-state index in [0.717, 1.165) is 23.4 Å². The summed E-state index contributed by atoms with van der Waals surface area (Å²) in [6, 6.07) is 1.74. The van der Waals surface area contributed by atoms with E-state index >= 15 is 0 Å². The monoisotopic (exact) mass is 297 g/mol. The maximum absolute atomic E-state index is 13.5. The summed E-state index contributed by atoms with van der Waals surface area (Å²) in [7, 11) is 1.75. The Morgan fingerprint density at radius 1 is 1.24 bits per heavy atom. The molecule has 1 heterocycles. The maximum atomic E-state index is 13.5. The van der Waals surface area contributed by atoms with E-state index in [-0.39, 0.29) is 6.42 Å². The summed E-state index contributed by atoms with van der Waals surface area (Å²) in [6.45, 7) is 3.56. The maximum Gasteiger partial charge on any atom is 0.229 e. The van der Waals surface area contributed by atoms with Crippen molar-refractivity contribution in [1.82, 2.24) is 9.78 Å². The highest BCUT2D eigenvalue weighted by molar-refractivity contribution is 5.92. The lowest BCUT2D eigenvalue weighted by molar-refractivity contribution is -0.115. The lowest BCUT2D eigenvalue weighted by Crippen LogP contribution is -2.17. The standard InChI is InChI=1S/C14H14F3N3O/c1-7-9(8(2)20(3)19-7)6-12(21)18-11-5-4-10(15)13(16)14(11)17/h4-5H,6H2,1-3H3,(H,18,21). The van der Waals surface area contributed by atoms with E-state index in [1.165, 1.54) is 0 Å². The van der Waals surface area contributed by atoms with Crippen molar-refractivity contribution in [3.8, 4) is 0 Å². The second-order valence-electron chi connectivity index (χ2n) is 4.72. The van der Waals surface area contributed by atoms with E-state index in [1.807, 2.05) is 0 Å². The van der Waals surface area contributed by atoms with Crippen LogP contribution < -0.4 is 5.32 Å². The van der Waals surface area contributed by atoms with Crippen molar-refractivity contribution < 1.29 is 18.0 Å². The molecule has 4 nitrogen and oxygen atoms in total. The van der Waals surface area contributed by atoms with Crippen LogP contribution in [0.25, 0.3) is 0 Å². The fourth-order valence-electron chi connectivity index (χ4n) is 2.05. The third kappa shape index (κ3) is 2.91. The van der Waals surface area contributed by atoms with Gasteiger partial charge in [0.15, 0.2) is 17.5 Å². The van der Waals surface area contributed by atoms with Gasteiger partial charge in [-0.15, -0.1) is 0 Å². The van der Waals surface area contributed by atoms with Gasteiger partial charge in [0.25, 0.3) is 0 Å². The second kappa shape index (κ2) is 5.59. The summed E-state index contributed by atoms with van der Waals surface area (Å²) in [5.74, 6) is -4.85. The fourth-order valence-corrected chi connectivity index (χ4v) is 2.05. The van der Waals surface area contributed by atoms with Crippen LogP contribution in [0.4, 0.5) is 18.9 Å². The molecule has 0 spiro atoms. The van der Waals surface area contributed by atoms with Gasteiger partial charge in [-0.2, -0.15) is 5.10 Å². The number of carbonyl (C=O) groups excluding carboxylic acids is 1.